The van der Waals surface area contributed by atoms with Crippen molar-refractivity contribution in [3.05, 3.63) is 22.4 Å². The van der Waals surface area contributed by atoms with Crippen LogP contribution in [0.1, 0.15) is 27.2 Å². The van der Waals surface area contributed by atoms with Gasteiger partial charge < -0.3 is 16.6 Å². The van der Waals surface area contributed by atoms with E-state index in [1.165, 1.54) is 0 Å². The number of aryl methyl sites for hydroxylation is 1. The number of aromatic nitrogens is 1. The molecule has 0 aliphatic heterocycles. The smallest absolute Gasteiger partial charge is 0.339 e. The maximum Gasteiger partial charge on any atom is 0.339 e. The Kier molecular flexibility index (Phi) is 3.26. The first-order valence-electron chi connectivity index (χ1n) is 4.68. The van der Waals surface area contributed by atoms with Gasteiger partial charge in [0.2, 0.25) is 0 Å². The van der Waals surface area contributed by atoms with E-state index >= 15 is 0 Å². The van der Waals surface area contributed by atoms with Crippen molar-refractivity contribution < 1.29 is 9.90 Å². The van der Waals surface area contributed by atoms with Crippen molar-refractivity contribution in [3.63, 3.8) is 0 Å². The average Bonchev–Trinajstić information content (AvgIpc) is 2.11. The number of carboxylic acid groups (broad SMARTS) is 1. The minimum atomic E-state index is -1.05. The van der Waals surface area contributed by atoms with E-state index in [0.29, 0.717) is 18.5 Å². The predicted octanol–water partition coefficient (Wildman–Crippen LogP) is 0.480. The molecule has 15 heavy (non-hydrogen) atoms. The van der Waals surface area contributed by atoms with Crippen molar-refractivity contribution in [2.45, 2.75) is 20.3 Å². The van der Waals surface area contributed by atoms with Crippen LogP contribution < -0.4 is 11.5 Å². The average molecular weight is 209 g/mol. The number of nitrogen functional groups attached to an aromatic ring is 1. The summed E-state index contributed by atoms with van der Waals surface area (Å²) in [7, 11) is 0. The van der Waals surface area contributed by atoms with Crippen LogP contribution in [0.5, 0.6) is 0 Å². The molecule has 0 radical (unpaired) electrons. The molecule has 0 unspecified atom stereocenters. The highest BCUT2D eigenvalue weighted by atomic mass is 16.4. The molecule has 5 heteroatoms. The number of hydrogen-bond acceptors (Lipinski definition) is 4. The number of pyridine rings is 1. The number of anilines is 1. The Balaban J connectivity index is 3.42. The van der Waals surface area contributed by atoms with Gasteiger partial charge in [-0.15, -0.1) is 0 Å². The van der Waals surface area contributed by atoms with Crippen molar-refractivity contribution in [2.75, 3.05) is 12.3 Å². The number of carbonyl (C=O) groups is 1. The zero-order chi connectivity index (χ0) is 11.6. The zero-order valence-electron chi connectivity index (χ0n) is 8.87. The maximum absolute atomic E-state index is 11.0. The number of carboxylic acids is 1. The fraction of sp³-hybridized carbons (Fsp3) is 0.400. The summed E-state index contributed by atoms with van der Waals surface area (Å²) in [6.45, 7) is 4.01. The Bertz CT molecular complexity index is 402. The highest BCUT2D eigenvalue weighted by Crippen LogP contribution is 2.21. The monoisotopic (exact) mass is 209 g/mol. The number of hydrogen-bond donors (Lipinski definition) is 3. The van der Waals surface area contributed by atoms with E-state index in [1.807, 2.05) is 0 Å². The van der Waals surface area contributed by atoms with Gasteiger partial charge in [-0.05, 0) is 37.9 Å². The van der Waals surface area contributed by atoms with Gasteiger partial charge in [0.05, 0.1) is 0 Å². The lowest BCUT2D eigenvalue weighted by molar-refractivity contribution is 0.0697. The first-order chi connectivity index (χ1) is 6.99. The van der Waals surface area contributed by atoms with Crippen molar-refractivity contribution in [1.82, 2.24) is 4.98 Å². The second-order valence-corrected chi connectivity index (χ2v) is 3.40. The molecule has 0 saturated carbocycles. The molecule has 0 aliphatic carbocycles. The largest absolute Gasteiger partial charge is 0.478 e. The third-order valence-electron chi connectivity index (χ3n) is 2.42. The summed E-state index contributed by atoms with van der Waals surface area (Å²) in [5, 5.41) is 8.98. The number of nitrogens with two attached hydrogens (primary N) is 2. The van der Waals surface area contributed by atoms with Gasteiger partial charge in [-0.25, -0.2) is 9.78 Å². The van der Waals surface area contributed by atoms with Crippen LogP contribution in [0.4, 0.5) is 5.82 Å². The van der Waals surface area contributed by atoms with E-state index < -0.39 is 5.97 Å². The van der Waals surface area contributed by atoms with E-state index in [9.17, 15) is 4.79 Å². The number of rotatable bonds is 3. The molecular weight excluding hydrogens is 194 g/mol. The lowest BCUT2D eigenvalue weighted by Gasteiger charge is -2.12. The first kappa shape index (κ1) is 11.5. The topological polar surface area (TPSA) is 102 Å². The quantitative estimate of drug-likeness (QED) is 0.672. The molecule has 0 spiro atoms. The summed E-state index contributed by atoms with van der Waals surface area (Å²) in [6, 6.07) is 0. The normalized spacial score (nSPS) is 10.3. The molecule has 1 aromatic rings. The van der Waals surface area contributed by atoms with Crippen LogP contribution in [0, 0.1) is 13.8 Å². The van der Waals surface area contributed by atoms with Crippen LogP contribution in [0.25, 0.3) is 0 Å². The van der Waals surface area contributed by atoms with Gasteiger partial charge >= 0.3 is 5.97 Å². The van der Waals surface area contributed by atoms with Gasteiger partial charge in [0, 0.05) is 5.69 Å². The first-order valence-corrected chi connectivity index (χ1v) is 4.68. The summed E-state index contributed by atoms with van der Waals surface area (Å²) in [5.41, 5.74) is 13.4. The zero-order valence-corrected chi connectivity index (χ0v) is 8.87. The molecule has 0 atom stereocenters. The molecule has 5 nitrogen and oxygen atoms in total. The second kappa shape index (κ2) is 4.27. The molecule has 1 aromatic heterocycles. The number of nitrogens with zero attached hydrogens (tertiary/aromatic N) is 1. The van der Waals surface area contributed by atoms with Crippen LogP contribution in [-0.4, -0.2) is 22.6 Å². The Labute approximate surface area is 88.1 Å². The van der Waals surface area contributed by atoms with Crippen LogP contribution in [0.3, 0.4) is 0 Å². The van der Waals surface area contributed by atoms with Gasteiger partial charge in [0.1, 0.15) is 11.4 Å². The van der Waals surface area contributed by atoms with Crippen molar-refractivity contribution >= 4 is 11.8 Å². The molecule has 5 N–H and O–H groups in total. The SMILES string of the molecule is Cc1nc(N)c(C(=O)O)c(C)c1CCN. The standard InChI is InChI=1S/C10H15N3O2/c1-5-7(3-4-11)6(2)13-9(12)8(5)10(14)15/h3-4,11H2,1-2H3,(H2,12,13)(H,14,15). The third kappa shape index (κ3) is 2.07. The highest BCUT2D eigenvalue weighted by Gasteiger charge is 2.17. The fourth-order valence-corrected chi connectivity index (χ4v) is 1.70. The lowest BCUT2D eigenvalue weighted by atomic mass is 9.99. The van der Waals surface area contributed by atoms with Gasteiger partial charge in [-0.3, -0.25) is 0 Å². The van der Waals surface area contributed by atoms with Gasteiger partial charge in [0.15, 0.2) is 0 Å². The van der Waals surface area contributed by atoms with Crippen LogP contribution in [0.2, 0.25) is 0 Å². The Morgan fingerprint density at radius 3 is 2.53 bits per heavy atom. The Morgan fingerprint density at radius 2 is 2.07 bits per heavy atom. The maximum atomic E-state index is 11.0. The van der Waals surface area contributed by atoms with Crippen LogP contribution in [-0.2, 0) is 6.42 Å². The molecule has 0 saturated heterocycles. The molecule has 1 rings (SSSR count). The Morgan fingerprint density at radius 1 is 1.47 bits per heavy atom. The summed E-state index contributed by atoms with van der Waals surface area (Å²) in [5.74, 6) is -0.978. The van der Waals surface area contributed by atoms with Gasteiger partial charge in [-0.2, -0.15) is 0 Å². The predicted molar refractivity (Wildman–Crippen MR) is 57.8 cm³/mol. The van der Waals surface area contributed by atoms with Crippen molar-refractivity contribution in [3.8, 4) is 0 Å². The minimum Gasteiger partial charge on any atom is -0.478 e. The van der Waals surface area contributed by atoms with E-state index in [1.54, 1.807) is 13.8 Å². The molecular formula is C10H15N3O2. The minimum absolute atomic E-state index is 0.0678. The lowest BCUT2D eigenvalue weighted by Crippen LogP contribution is -2.14. The summed E-state index contributed by atoms with van der Waals surface area (Å²) >= 11 is 0. The molecule has 0 aliphatic rings. The highest BCUT2D eigenvalue weighted by molar-refractivity contribution is 5.94. The van der Waals surface area contributed by atoms with Gasteiger partial charge in [0.25, 0.3) is 0 Å². The van der Waals surface area contributed by atoms with Gasteiger partial charge in [-0.1, -0.05) is 0 Å². The van der Waals surface area contributed by atoms with E-state index in [-0.39, 0.29) is 11.4 Å². The molecule has 0 amide bonds. The third-order valence-corrected chi connectivity index (χ3v) is 2.42. The molecule has 82 valence electrons. The molecule has 0 aromatic carbocycles. The molecule has 0 fully saturated rings. The molecule has 1 heterocycles. The van der Waals surface area contributed by atoms with Crippen LogP contribution in [0.15, 0.2) is 0 Å². The van der Waals surface area contributed by atoms with E-state index in [0.717, 1.165) is 11.3 Å². The number of aromatic carboxylic acids is 1. The fourth-order valence-electron chi connectivity index (χ4n) is 1.70. The van der Waals surface area contributed by atoms with Crippen molar-refractivity contribution in [2.24, 2.45) is 5.73 Å². The Hall–Kier alpha value is -1.62. The molecule has 0 bridgehead atoms. The van der Waals surface area contributed by atoms with E-state index in [2.05, 4.69) is 4.98 Å². The summed E-state index contributed by atoms with van der Waals surface area (Å²) < 4.78 is 0. The summed E-state index contributed by atoms with van der Waals surface area (Å²) in [6.07, 6.45) is 0.616. The van der Waals surface area contributed by atoms with Crippen LogP contribution >= 0.6 is 0 Å². The van der Waals surface area contributed by atoms with E-state index in [4.69, 9.17) is 16.6 Å². The summed E-state index contributed by atoms with van der Waals surface area (Å²) in [4.78, 5) is 15.0. The second-order valence-electron chi connectivity index (χ2n) is 3.40. The van der Waals surface area contributed by atoms with Crippen molar-refractivity contribution in [1.29, 1.82) is 0 Å².